The largest absolute Gasteiger partial charge is 0.490 e. The summed E-state index contributed by atoms with van der Waals surface area (Å²) in [4.78, 5) is 14.1. The van der Waals surface area contributed by atoms with Crippen molar-refractivity contribution >= 4 is 29.1 Å². The van der Waals surface area contributed by atoms with Gasteiger partial charge in [-0.05, 0) is 48.2 Å². The van der Waals surface area contributed by atoms with Crippen LogP contribution in [-0.2, 0) is 4.79 Å². The Balaban J connectivity index is 1.34. The molecular formula is C21H21Cl2NO2. The van der Waals surface area contributed by atoms with Crippen LogP contribution in [0.15, 0.2) is 42.5 Å². The highest BCUT2D eigenvalue weighted by Crippen LogP contribution is 2.33. The van der Waals surface area contributed by atoms with E-state index in [1.807, 2.05) is 41.3 Å². The fraction of sp³-hybridized carbons (Fsp3) is 0.381. The molecule has 1 saturated carbocycles. The molecule has 2 aromatic rings. The lowest BCUT2D eigenvalue weighted by Gasteiger charge is -2.32. The summed E-state index contributed by atoms with van der Waals surface area (Å²) in [6, 6.07) is 13.7. The number of halogens is 2. The van der Waals surface area contributed by atoms with Crippen molar-refractivity contribution in [3.8, 4) is 16.9 Å². The summed E-state index contributed by atoms with van der Waals surface area (Å²) in [6.45, 7) is 1.61. The van der Waals surface area contributed by atoms with E-state index in [1.54, 1.807) is 6.07 Å². The molecule has 0 bridgehead atoms. The monoisotopic (exact) mass is 389 g/mol. The van der Waals surface area contributed by atoms with E-state index in [9.17, 15) is 4.79 Å². The molecule has 0 radical (unpaired) electrons. The molecule has 3 nitrogen and oxygen atoms in total. The van der Waals surface area contributed by atoms with Crippen LogP contribution in [0.4, 0.5) is 0 Å². The molecule has 5 heteroatoms. The summed E-state index contributed by atoms with van der Waals surface area (Å²) in [6.07, 6.45) is 4.11. The molecule has 2 aliphatic rings. The van der Waals surface area contributed by atoms with Crippen molar-refractivity contribution in [3.05, 3.63) is 52.5 Å². The number of hydrogen-bond donors (Lipinski definition) is 0. The van der Waals surface area contributed by atoms with E-state index >= 15 is 0 Å². The second-order valence-electron chi connectivity index (χ2n) is 7.07. The minimum atomic E-state index is 0.175. The van der Waals surface area contributed by atoms with Crippen molar-refractivity contribution in [3.63, 3.8) is 0 Å². The van der Waals surface area contributed by atoms with Gasteiger partial charge in [0.2, 0.25) is 5.91 Å². The fourth-order valence-electron chi connectivity index (χ4n) is 3.38. The van der Waals surface area contributed by atoms with Crippen molar-refractivity contribution in [2.24, 2.45) is 5.92 Å². The smallest absolute Gasteiger partial charge is 0.225 e. The summed E-state index contributed by atoms with van der Waals surface area (Å²) in [5.41, 5.74) is 2.10. The first-order valence-electron chi connectivity index (χ1n) is 9.11. The number of carbonyl (C=O) groups excluding carboxylic acids is 1. The van der Waals surface area contributed by atoms with Gasteiger partial charge in [-0.1, -0.05) is 41.4 Å². The number of carbonyl (C=O) groups is 1. The first-order valence-corrected chi connectivity index (χ1v) is 9.86. The molecule has 1 saturated heterocycles. The van der Waals surface area contributed by atoms with E-state index in [2.05, 4.69) is 0 Å². The molecule has 0 atom stereocenters. The lowest BCUT2D eigenvalue weighted by molar-refractivity contribution is -0.134. The van der Waals surface area contributed by atoms with Crippen LogP contribution in [0.1, 0.15) is 25.7 Å². The van der Waals surface area contributed by atoms with Crippen LogP contribution in [0.2, 0.25) is 10.0 Å². The van der Waals surface area contributed by atoms with Crippen LogP contribution in [0.5, 0.6) is 5.75 Å². The Morgan fingerprint density at radius 1 is 0.885 bits per heavy atom. The van der Waals surface area contributed by atoms with Gasteiger partial charge in [0.25, 0.3) is 0 Å². The van der Waals surface area contributed by atoms with E-state index in [-0.39, 0.29) is 6.10 Å². The van der Waals surface area contributed by atoms with Crippen LogP contribution in [0, 0.1) is 5.92 Å². The molecule has 26 heavy (non-hydrogen) atoms. The van der Waals surface area contributed by atoms with E-state index in [0.717, 1.165) is 55.6 Å². The molecule has 0 unspecified atom stereocenters. The molecule has 1 aliphatic carbocycles. The molecule has 0 aromatic heterocycles. The first kappa shape index (κ1) is 17.7. The lowest BCUT2D eigenvalue weighted by Crippen LogP contribution is -2.42. The summed E-state index contributed by atoms with van der Waals surface area (Å²) in [7, 11) is 0. The number of rotatable bonds is 4. The van der Waals surface area contributed by atoms with Crippen LogP contribution >= 0.6 is 23.2 Å². The Morgan fingerprint density at radius 2 is 1.54 bits per heavy atom. The second kappa shape index (κ2) is 7.50. The summed E-state index contributed by atoms with van der Waals surface area (Å²) in [5.74, 6) is 1.51. The van der Waals surface area contributed by atoms with Crippen molar-refractivity contribution in [1.29, 1.82) is 0 Å². The number of benzene rings is 2. The molecule has 1 heterocycles. The van der Waals surface area contributed by atoms with Crippen LogP contribution in [0.3, 0.4) is 0 Å². The number of amides is 1. The maximum absolute atomic E-state index is 12.1. The van der Waals surface area contributed by atoms with E-state index in [0.29, 0.717) is 21.9 Å². The predicted molar refractivity (Wildman–Crippen MR) is 105 cm³/mol. The quantitative estimate of drug-likeness (QED) is 0.696. The van der Waals surface area contributed by atoms with Gasteiger partial charge in [0.15, 0.2) is 0 Å². The highest BCUT2D eigenvalue weighted by molar-refractivity contribution is 6.42. The number of likely N-dealkylation sites (tertiary alicyclic amines) is 1. The van der Waals surface area contributed by atoms with Gasteiger partial charge in [-0.25, -0.2) is 0 Å². The molecule has 1 amide bonds. The molecule has 2 fully saturated rings. The molecular weight excluding hydrogens is 369 g/mol. The number of ether oxygens (including phenoxy) is 1. The molecule has 2 aromatic carbocycles. The Labute approximate surface area is 163 Å². The number of nitrogens with zero attached hydrogens (tertiary/aromatic N) is 1. The van der Waals surface area contributed by atoms with Crippen molar-refractivity contribution in [1.82, 2.24) is 4.90 Å². The third-order valence-electron chi connectivity index (χ3n) is 5.09. The number of piperidine rings is 1. The van der Waals surface area contributed by atoms with Gasteiger partial charge < -0.3 is 9.64 Å². The van der Waals surface area contributed by atoms with Gasteiger partial charge in [-0.2, -0.15) is 0 Å². The zero-order chi connectivity index (χ0) is 18.1. The summed E-state index contributed by atoms with van der Waals surface area (Å²) >= 11 is 12.1. The zero-order valence-corrected chi connectivity index (χ0v) is 16.0. The maximum atomic E-state index is 12.1. The number of hydrogen-bond acceptors (Lipinski definition) is 2. The average molecular weight is 390 g/mol. The maximum Gasteiger partial charge on any atom is 0.225 e. The van der Waals surface area contributed by atoms with Crippen LogP contribution in [-0.4, -0.2) is 30.0 Å². The van der Waals surface area contributed by atoms with E-state index in [4.69, 9.17) is 27.9 Å². The van der Waals surface area contributed by atoms with Gasteiger partial charge in [-0.3, -0.25) is 4.79 Å². The Hall–Kier alpha value is -1.71. The van der Waals surface area contributed by atoms with Crippen LogP contribution in [0.25, 0.3) is 11.1 Å². The third-order valence-corrected chi connectivity index (χ3v) is 5.83. The van der Waals surface area contributed by atoms with E-state index in [1.165, 1.54) is 0 Å². The average Bonchev–Trinajstić information content (AvgIpc) is 3.50. The molecule has 0 spiro atoms. The van der Waals surface area contributed by atoms with Gasteiger partial charge in [0, 0.05) is 31.8 Å². The fourth-order valence-corrected chi connectivity index (χ4v) is 3.67. The van der Waals surface area contributed by atoms with Gasteiger partial charge in [0.1, 0.15) is 11.9 Å². The van der Waals surface area contributed by atoms with Crippen LogP contribution < -0.4 is 4.74 Å². The standard InChI is InChI=1S/C21H21Cl2NO2/c22-19-8-5-16(13-20(19)23)14-3-6-17(7-4-14)26-18-9-11-24(12-10-18)21(25)15-1-2-15/h3-8,13,15,18H,1-2,9-12H2. The van der Waals surface area contributed by atoms with Gasteiger partial charge in [-0.15, -0.1) is 0 Å². The second-order valence-corrected chi connectivity index (χ2v) is 7.88. The molecule has 1 aliphatic heterocycles. The van der Waals surface area contributed by atoms with Gasteiger partial charge >= 0.3 is 0 Å². The molecule has 0 N–H and O–H groups in total. The van der Waals surface area contributed by atoms with Crippen molar-refractivity contribution < 1.29 is 9.53 Å². The van der Waals surface area contributed by atoms with Crippen molar-refractivity contribution in [2.75, 3.05) is 13.1 Å². The highest BCUT2D eigenvalue weighted by atomic mass is 35.5. The Morgan fingerprint density at radius 3 is 2.15 bits per heavy atom. The highest BCUT2D eigenvalue weighted by Gasteiger charge is 2.35. The molecule has 136 valence electrons. The zero-order valence-electron chi connectivity index (χ0n) is 14.5. The molecule has 4 rings (SSSR count). The SMILES string of the molecule is O=C(C1CC1)N1CCC(Oc2ccc(-c3ccc(Cl)c(Cl)c3)cc2)CC1. The summed E-state index contributed by atoms with van der Waals surface area (Å²) in [5, 5.41) is 1.11. The topological polar surface area (TPSA) is 29.5 Å². The van der Waals surface area contributed by atoms with Crippen molar-refractivity contribution in [2.45, 2.75) is 31.8 Å². The Kier molecular flexibility index (Phi) is 5.10. The lowest BCUT2D eigenvalue weighted by atomic mass is 10.1. The minimum absolute atomic E-state index is 0.175. The van der Waals surface area contributed by atoms with E-state index < -0.39 is 0 Å². The van der Waals surface area contributed by atoms with Gasteiger partial charge in [0.05, 0.1) is 10.0 Å². The minimum Gasteiger partial charge on any atom is -0.490 e. The Bertz CT molecular complexity index is 794. The third kappa shape index (κ3) is 3.99. The predicted octanol–water partition coefficient (Wildman–Crippen LogP) is 5.44. The summed E-state index contributed by atoms with van der Waals surface area (Å²) < 4.78 is 6.11. The first-order chi connectivity index (χ1) is 12.6. The normalized spacial score (nSPS) is 18.0.